The number of rotatable bonds is 2. The smallest absolute Gasteiger partial charge is 0.252 e. The summed E-state index contributed by atoms with van der Waals surface area (Å²) in [6.07, 6.45) is 4.88. The van der Waals surface area contributed by atoms with Gasteiger partial charge in [0.2, 0.25) is 0 Å². The van der Waals surface area contributed by atoms with E-state index in [-0.39, 0.29) is 33.9 Å². The zero-order valence-electron chi connectivity index (χ0n) is 42.3. The third-order valence-corrected chi connectivity index (χ3v) is 19.4. The summed E-state index contributed by atoms with van der Waals surface area (Å²) in [5.41, 5.74) is 24.5. The highest BCUT2D eigenvalue weighted by atomic mass is 32.1. The van der Waals surface area contributed by atoms with Crippen LogP contribution in [0, 0.1) is 6.92 Å². The lowest BCUT2D eigenvalue weighted by molar-refractivity contribution is 0.195. The molecule has 3 nitrogen and oxygen atoms in total. The molecule has 2 aliphatic carbocycles. The molecule has 342 valence electrons. The summed E-state index contributed by atoms with van der Waals surface area (Å²) in [7, 11) is 0. The van der Waals surface area contributed by atoms with Crippen LogP contribution in [0.25, 0.3) is 48.0 Å². The molecule has 0 radical (unpaired) electrons. The van der Waals surface area contributed by atoms with Gasteiger partial charge >= 0.3 is 0 Å². The van der Waals surface area contributed by atoms with E-state index in [2.05, 4.69) is 218 Å². The Morgan fingerprint density at radius 2 is 1.32 bits per heavy atom. The first-order valence-corrected chi connectivity index (χ1v) is 26.5. The van der Waals surface area contributed by atoms with Crippen LogP contribution in [0.5, 0.6) is 0 Å². The molecule has 0 bridgehead atoms. The number of hydrogen-bond donors (Lipinski definition) is 0. The first-order chi connectivity index (χ1) is 32.9. The van der Waals surface area contributed by atoms with Gasteiger partial charge in [0.15, 0.2) is 0 Å². The highest BCUT2D eigenvalue weighted by Crippen LogP contribution is 2.62. The fraction of sp³-hybridized carbons (Fsp3) is 0.312. The quantitative estimate of drug-likeness (QED) is 0.160. The minimum Gasteiger partial charge on any atom is -0.334 e. The molecular weight excluding hydrogens is 854 g/mol. The second-order valence-corrected chi connectivity index (χ2v) is 25.6. The molecule has 9 aromatic rings. The maximum absolute atomic E-state index is 2.80. The van der Waals surface area contributed by atoms with Gasteiger partial charge < -0.3 is 14.4 Å². The van der Waals surface area contributed by atoms with E-state index in [9.17, 15) is 0 Å². The van der Waals surface area contributed by atoms with Gasteiger partial charge in [-0.05, 0) is 136 Å². The highest BCUT2D eigenvalue weighted by molar-refractivity contribution is 7.26. The first kappa shape index (κ1) is 41.9. The number of aryl methyl sites for hydroxylation is 1. The van der Waals surface area contributed by atoms with Crippen LogP contribution in [0.3, 0.4) is 0 Å². The van der Waals surface area contributed by atoms with Crippen molar-refractivity contribution in [3.8, 4) is 16.9 Å². The van der Waals surface area contributed by atoms with E-state index in [4.69, 9.17) is 0 Å². The molecular formula is C64H62BN3S. The molecule has 7 aromatic carbocycles. The van der Waals surface area contributed by atoms with E-state index in [1.165, 1.54) is 145 Å². The summed E-state index contributed by atoms with van der Waals surface area (Å²) >= 11 is 1.94. The second kappa shape index (κ2) is 13.4. The predicted octanol–water partition coefficient (Wildman–Crippen LogP) is 15.6. The number of thiophene rings is 1. The van der Waals surface area contributed by atoms with E-state index in [1.54, 1.807) is 0 Å². The molecule has 14 rings (SSSR count). The third-order valence-electron chi connectivity index (χ3n) is 18.2. The van der Waals surface area contributed by atoms with Gasteiger partial charge in [-0.1, -0.05) is 154 Å². The number of hydrogen-bond acceptors (Lipinski definition) is 3. The average molecular weight is 916 g/mol. The largest absolute Gasteiger partial charge is 0.334 e. The molecule has 0 spiro atoms. The summed E-state index contributed by atoms with van der Waals surface area (Å²) in [4.78, 5) is 5.51. The summed E-state index contributed by atoms with van der Waals surface area (Å²) in [6, 6.07) is 50.7. The molecule has 69 heavy (non-hydrogen) atoms. The monoisotopic (exact) mass is 915 g/mol. The van der Waals surface area contributed by atoms with Gasteiger partial charge in [-0.3, -0.25) is 0 Å². The van der Waals surface area contributed by atoms with Gasteiger partial charge in [0.05, 0.1) is 21.6 Å². The van der Waals surface area contributed by atoms with Crippen molar-refractivity contribution in [1.82, 2.24) is 4.57 Å². The fourth-order valence-corrected chi connectivity index (χ4v) is 15.7. The minimum atomic E-state index is -0.158. The van der Waals surface area contributed by atoms with E-state index in [0.717, 1.165) is 6.42 Å². The van der Waals surface area contributed by atoms with Crippen molar-refractivity contribution in [1.29, 1.82) is 0 Å². The lowest BCUT2D eigenvalue weighted by atomic mass is 9.33. The molecule has 2 atom stereocenters. The molecule has 5 aliphatic rings. The summed E-state index contributed by atoms with van der Waals surface area (Å²) in [6.45, 7) is 26.8. The lowest BCUT2D eigenvalue weighted by Crippen LogP contribution is -2.61. The van der Waals surface area contributed by atoms with Crippen LogP contribution in [0.15, 0.2) is 127 Å². The molecule has 0 saturated heterocycles. The van der Waals surface area contributed by atoms with E-state index < -0.39 is 0 Å². The van der Waals surface area contributed by atoms with Crippen molar-refractivity contribution in [2.45, 2.75) is 129 Å². The van der Waals surface area contributed by atoms with Crippen LogP contribution in [0.4, 0.5) is 28.4 Å². The Kier molecular flexibility index (Phi) is 8.15. The van der Waals surface area contributed by atoms with Gasteiger partial charge in [0, 0.05) is 71.2 Å². The predicted molar refractivity (Wildman–Crippen MR) is 298 cm³/mol. The number of nitrogens with zero attached hydrogens (tertiary/aromatic N) is 3. The Bertz CT molecular complexity index is 3760. The highest BCUT2D eigenvalue weighted by Gasteiger charge is 2.58. The fourth-order valence-electron chi connectivity index (χ4n) is 14.5. The second-order valence-electron chi connectivity index (χ2n) is 24.6. The van der Waals surface area contributed by atoms with Gasteiger partial charge in [0.25, 0.3) is 6.71 Å². The van der Waals surface area contributed by atoms with Crippen molar-refractivity contribution in [2.75, 3.05) is 9.80 Å². The standard InChI is InChI=1S/C64H62BN3S/c1-37-31-52-56-53(32-37)67-57-44(55-58(67)43-20-12-14-22-45(43)62(55,8)9)33-39(61(5,6)7)35-48(57)65(56)47-27-26-40(36-51(47)66(52)50-23-18-21-42-41-19-13-15-24-54(41)69-59(42)50)68-49-28-25-38(60(2,3)4)34-46(49)63(10)29-16-17-30-64(63,68)11/h12-15,18-28,31-36H,16-17,29-30H2,1-11H3. The maximum Gasteiger partial charge on any atom is 0.252 e. The van der Waals surface area contributed by atoms with Crippen LogP contribution in [-0.2, 0) is 21.7 Å². The van der Waals surface area contributed by atoms with Crippen LogP contribution < -0.4 is 26.2 Å². The normalized spacial score (nSPS) is 20.6. The van der Waals surface area contributed by atoms with Crippen LogP contribution >= 0.6 is 11.3 Å². The van der Waals surface area contributed by atoms with Crippen molar-refractivity contribution in [3.05, 3.63) is 161 Å². The molecule has 2 aromatic heterocycles. The van der Waals surface area contributed by atoms with E-state index >= 15 is 0 Å². The molecule has 0 amide bonds. The maximum atomic E-state index is 2.80. The number of benzene rings is 7. The molecule has 5 heterocycles. The van der Waals surface area contributed by atoms with Crippen LogP contribution in [0.2, 0.25) is 0 Å². The zero-order valence-corrected chi connectivity index (χ0v) is 43.1. The minimum absolute atomic E-state index is 0.0271. The van der Waals surface area contributed by atoms with Gasteiger partial charge in [0.1, 0.15) is 0 Å². The molecule has 1 saturated carbocycles. The Labute approximate surface area is 412 Å². The zero-order chi connectivity index (χ0) is 47.5. The van der Waals surface area contributed by atoms with Crippen molar-refractivity contribution in [2.24, 2.45) is 0 Å². The van der Waals surface area contributed by atoms with Gasteiger partial charge in [-0.15, -0.1) is 11.3 Å². The Hall–Kier alpha value is -6.04. The summed E-state index contributed by atoms with van der Waals surface area (Å²) in [5, 5.41) is 4.07. The summed E-state index contributed by atoms with van der Waals surface area (Å²) in [5.74, 6) is 0. The Morgan fingerprint density at radius 3 is 2.13 bits per heavy atom. The number of aromatic nitrogens is 1. The topological polar surface area (TPSA) is 11.4 Å². The van der Waals surface area contributed by atoms with E-state index in [0.29, 0.717) is 0 Å². The molecule has 2 unspecified atom stereocenters. The Balaban J connectivity index is 1.11. The molecule has 1 fully saturated rings. The Morgan fingerprint density at radius 1 is 0.580 bits per heavy atom. The SMILES string of the molecule is Cc1cc2c3c(c1)-n1c4c(c5cc(C(C)(C)C)cc(c51)B3c1ccc(N3c5ccc(C(C)(C)C)cc5C5(C)CCCCC35C)cc1N2c1cccc2c1sc1ccccc12)C(C)(C)c1ccccc1-4. The van der Waals surface area contributed by atoms with Gasteiger partial charge in [-0.25, -0.2) is 0 Å². The number of anilines is 5. The third kappa shape index (κ3) is 5.25. The number of fused-ring (bicyclic) bond motifs is 15. The lowest BCUT2D eigenvalue weighted by Gasteiger charge is -2.50. The molecule has 3 aliphatic heterocycles. The molecule has 5 heteroatoms. The van der Waals surface area contributed by atoms with Crippen molar-refractivity contribution in [3.63, 3.8) is 0 Å². The van der Waals surface area contributed by atoms with Crippen LogP contribution in [0.1, 0.15) is 128 Å². The van der Waals surface area contributed by atoms with E-state index in [1.807, 2.05) is 11.3 Å². The van der Waals surface area contributed by atoms with Crippen molar-refractivity contribution < 1.29 is 0 Å². The summed E-state index contributed by atoms with van der Waals surface area (Å²) < 4.78 is 5.39. The molecule has 0 N–H and O–H groups in total. The first-order valence-electron chi connectivity index (χ1n) is 25.7. The van der Waals surface area contributed by atoms with Crippen molar-refractivity contribution >= 4 is 94.0 Å². The van der Waals surface area contributed by atoms with Crippen LogP contribution in [-0.4, -0.2) is 16.8 Å². The average Bonchev–Trinajstić information content (AvgIpc) is 4.00. The van der Waals surface area contributed by atoms with Gasteiger partial charge in [-0.2, -0.15) is 0 Å².